The lowest BCUT2D eigenvalue weighted by Crippen LogP contribution is -2.21. The SMILES string of the molecule is COc1ccc(NC(=O)COC(=O)c2ccc(OC)c(N)c2)c(OC)c1. The average Bonchev–Trinajstić information content (AvgIpc) is 2.66. The quantitative estimate of drug-likeness (QED) is 0.575. The maximum atomic E-state index is 12.0. The summed E-state index contributed by atoms with van der Waals surface area (Å²) in [4.78, 5) is 24.0. The molecule has 0 saturated heterocycles. The molecule has 0 unspecified atom stereocenters. The fraction of sp³-hybridized carbons (Fsp3) is 0.222. The van der Waals surface area contributed by atoms with Gasteiger partial charge in [-0.2, -0.15) is 0 Å². The van der Waals surface area contributed by atoms with Crippen molar-refractivity contribution in [2.45, 2.75) is 0 Å². The number of nitrogen functional groups attached to an aromatic ring is 1. The van der Waals surface area contributed by atoms with Crippen LogP contribution < -0.4 is 25.3 Å². The van der Waals surface area contributed by atoms with Crippen LogP contribution in [0.1, 0.15) is 10.4 Å². The highest BCUT2D eigenvalue weighted by atomic mass is 16.5. The van der Waals surface area contributed by atoms with Gasteiger partial charge in [0, 0.05) is 6.07 Å². The van der Waals surface area contributed by atoms with E-state index in [2.05, 4.69) is 5.32 Å². The summed E-state index contributed by atoms with van der Waals surface area (Å²) < 4.78 is 20.3. The second-order valence-electron chi connectivity index (χ2n) is 5.15. The van der Waals surface area contributed by atoms with Crippen molar-refractivity contribution in [1.29, 1.82) is 0 Å². The summed E-state index contributed by atoms with van der Waals surface area (Å²) in [6.07, 6.45) is 0. The Balaban J connectivity index is 1.96. The molecule has 0 bridgehead atoms. The third kappa shape index (κ3) is 4.56. The van der Waals surface area contributed by atoms with E-state index in [0.717, 1.165) is 0 Å². The van der Waals surface area contributed by atoms with Crippen molar-refractivity contribution in [3.05, 3.63) is 42.0 Å². The molecule has 0 aliphatic carbocycles. The molecule has 2 aromatic carbocycles. The second kappa shape index (κ2) is 8.61. The number of methoxy groups -OCH3 is 3. The Bertz CT molecular complexity index is 806. The molecular formula is C18H20N2O6. The van der Waals surface area contributed by atoms with Gasteiger partial charge in [0.2, 0.25) is 0 Å². The van der Waals surface area contributed by atoms with Crippen LogP contribution in [0.3, 0.4) is 0 Å². The Morgan fingerprint density at radius 2 is 1.69 bits per heavy atom. The van der Waals surface area contributed by atoms with Crippen LogP contribution >= 0.6 is 0 Å². The standard InChI is InChI=1S/C18H20N2O6/c1-23-12-5-6-14(16(9-12)25-3)20-17(21)10-26-18(22)11-4-7-15(24-2)13(19)8-11/h4-9H,10,19H2,1-3H3,(H,20,21). The first-order valence-corrected chi connectivity index (χ1v) is 7.61. The molecule has 0 radical (unpaired) electrons. The number of benzene rings is 2. The molecule has 2 aromatic rings. The number of hydrogen-bond acceptors (Lipinski definition) is 7. The Kier molecular flexibility index (Phi) is 6.26. The highest BCUT2D eigenvalue weighted by molar-refractivity contribution is 5.96. The van der Waals surface area contributed by atoms with Crippen LogP contribution in [0.2, 0.25) is 0 Å². The van der Waals surface area contributed by atoms with Gasteiger partial charge in [-0.05, 0) is 30.3 Å². The van der Waals surface area contributed by atoms with Gasteiger partial charge in [0.05, 0.1) is 38.3 Å². The maximum Gasteiger partial charge on any atom is 0.338 e. The Hall–Kier alpha value is -3.42. The molecule has 0 aliphatic heterocycles. The highest BCUT2D eigenvalue weighted by Crippen LogP contribution is 2.29. The van der Waals surface area contributed by atoms with Gasteiger partial charge >= 0.3 is 5.97 Å². The fourth-order valence-electron chi connectivity index (χ4n) is 2.16. The molecule has 0 aromatic heterocycles. The van der Waals surface area contributed by atoms with Gasteiger partial charge in [-0.1, -0.05) is 0 Å². The molecule has 8 nitrogen and oxygen atoms in total. The lowest BCUT2D eigenvalue weighted by molar-refractivity contribution is -0.119. The summed E-state index contributed by atoms with van der Waals surface area (Å²) in [7, 11) is 4.47. The molecule has 3 N–H and O–H groups in total. The van der Waals surface area contributed by atoms with E-state index in [-0.39, 0.29) is 5.56 Å². The average molecular weight is 360 g/mol. The molecule has 0 saturated carbocycles. The molecule has 26 heavy (non-hydrogen) atoms. The number of ether oxygens (including phenoxy) is 4. The third-order valence-corrected chi connectivity index (χ3v) is 3.48. The van der Waals surface area contributed by atoms with Crippen LogP contribution in [-0.2, 0) is 9.53 Å². The molecule has 1 amide bonds. The van der Waals surface area contributed by atoms with E-state index in [1.54, 1.807) is 24.3 Å². The highest BCUT2D eigenvalue weighted by Gasteiger charge is 2.14. The van der Waals surface area contributed by atoms with E-state index in [1.165, 1.54) is 33.5 Å². The number of rotatable bonds is 7. The number of carbonyl (C=O) groups is 2. The summed E-state index contributed by atoms with van der Waals surface area (Å²) in [6.45, 7) is -0.458. The summed E-state index contributed by atoms with van der Waals surface area (Å²) in [6, 6.07) is 9.40. The summed E-state index contributed by atoms with van der Waals surface area (Å²) in [5, 5.41) is 2.61. The molecular weight excluding hydrogens is 340 g/mol. The van der Waals surface area contributed by atoms with Crippen molar-refractivity contribution in [1.82, 2.24) is 0 Å². The van der Waals surface area contributed by atoms with Gasteiger partial charge in [-0.3, -0.25) is 4.79 Å². The van der Waals surface area contributed by atoms with Gasteiger partial charge in [0.15, 0.2) is 6.61 Å². The van der Waals surface area contributed by atoms with Crippen molar-refractivity contribution >= 4 is 23.3 Å². The maximum absolute atomic E-state index is 12.0. The van der Waals surface area contributed by atoms with Gasteiger partial charge in [-0.25, -0.2) is 4.79 Å². The molecule has 0 fully saturated rings. The van der Waals surface area contributed by atoms with E-state index in [9.17, 15) is 9.59 Å². The second-order valence-corrected chi connectivity index (χ2v) is 5.15. The molecule has 0 heterocycles. The zero-order valence-corrected chi connectivity index (χ0v) is 14.7. The van der Waals surface area contributed by atoms with Gasteiger partial charge in [0.25, 0.3) is 5.91 Å². The van der Waals surface area contributed by atoms with Crippen LogP contribution in [-0.4, -0.2) is 39.8 Å². The van der Waals surface area contributed by atoms with Crippen LogP contribution in [0.5, 0.6) is 17.2 Å². The summed E-state index contributed by atoms with van der Waals surface area (Å²) >= 11 is 0. The number of nitrogens with two attached hydrogens (primary N) is 1. The van der Waals surface area contributed by atoms with Crippen molar-refractivity contribution in [2.75, 3.05) is 39.0 Å². The normalized spacial score (nSPS) is 9.96. The van der Waals surface area contributed by atoms with Gasteiger partial charge < -0.3 is 30.0 Å². The number of anilines is 2. The Morgan fingerprint density at radius 3 is 2.31 bits per heavy atom. The van der Waals surface area contributed by atoms with Crippen molar-refractivity contribution < 1.29 is 28.5 Å². The van der Waals surface area contributed by atoms with Crippen LogP contribution in [0.15, 0.2) is 36.4 Å². The molecule has 0 aliphatic rings. The van der Waals surface area contributed by atoms with Crippen LogP contribution in [0.25, 0.3) is 0 Å². The zero-order chi connectivity index (χ0) is 19.1. The first-order valence-electron chi connectivity index (χ1n) is 7.61. The van der Waals surface area contributed by atoms with E-state index < -0.39 is 18.5 Å². The number of nitrogens with one attached hydrogen (secondary N) is 1. The number of esters is 1. The van der Waals surface area contributed by atoms with Gasteiger partial charge in [0.1, 0.15) is 17.2 Å². The summed E-state index contributed by atoms with van der Waals surface area (Å²) in [5.41, 5.74) is 6.70. The third-order valence-electron chi connectivity index (χ3n) is 3.48. The van der Waals surface area contributed by atoms with E-state index in [4.69, 9.17) is 24.7 Å². The largest absolute Gasteiger partial charge is 0.497 e. The molecule has 0 atom stereocenters. The number of hydrogen-bond donors (Lipinski definition) is 2. The minimum Gasteiger partial charge on any atom is -0.497 e. The number of amides is 1. The first kappa shape index (κ1) is 18.9. The van der Waals surface area contributed by atoms with Crippen molar-refractivity contribution in [3.63, 3.8) is 0 Å². The minimum atomic E-state index is -0.670. The van der Waals surface area contributed by atoms with Crippen molar-refractivity contribution in [2.24, 2.45) is 0 Å². The molecule has 0 spiro atoms. The monoisotopic (exact) mass is 360 g/mol. The predicted octanol–water partition coefficient (Wildman–Crippen LogP) is 2.09. The topological polar surface area (TPSA) is 109 Å². The number of carbonyl (C=O) groups excluding carboxylic acids is 2. The lowest BCUT2D eigenvalue weighted by atomic mass is 10.2. The van der Waals surface area contributed by atoms with E-state index >= 15 is 0 Å². The zero-order valence-electron chi connectivity index (χ0n) is 14.7. The van der Waals surface area contributed by atoms with Crippen LogP contribution in [0, 0.1) is 0 Å². The Morgan fingerprint density at radius 1 is 0.962 bits per heavy atom. The first-order chi connectivity index (χ1) is 12.5. The van der Waals surface area contributed by atoms with Crippen molar-refractivity contribution in [3.8, 4) is 17.2 Å². The molecule has 2 rings (SSSR count). The molecule has 8 heteroatoms. The predicted molar refractivity (Wildman–Crippen MR) is 95.9 cm³/mol. The van der Waals surface area contributed by atoms with Crippen LogP contribution in [0.4, 0.5) is 11.4 Å². The minimum absolute atomic E-state index is 0.220. The Labute approximate surface area is 150 Å². The summed E-state index contributed by atoms with van der Waals surface area (Å²) in [5.74, 6) is 0.278. The smallest absolute Gasteiger partial charge is 0.338 e. The molecule has 138 valence electrons. The van der Waals surface area contributed by atoms with Gasteiger partial charge in [-0.15, -0.1) is 0 Å². The van der Waals surface area contributed by atoms with E-state index in [0.29, 0.717) is 28.6 Å². The fourth-order valence-corrected chi connectivity index (χ4v) is 2.16. The lowest BCUT2D eigenvalue weighted by Gasteiger charge is -2.12. The van der Waals surface area contributed by atoms with E-state index in [1.807, 2.05) is 0 Å².